The van der Waals surface area contributed by atoms with Crippen molar-refractivity contribution in [2.45, 2.75) is 39.2 Å². The molecule has 0 spiro atoms. The zero-order chi connectivity index (χ0) is 27.0. The van der Waals surface area contributed by atoms with Crippen molar-refractivity contribution >= 4 is 29.3 Å². The van der Waals surface area contributed by atoms with Gasteiger partial charge in [-0.05, 0) is 46.0 Å². The number of benzene rings is 1. The van der Waals surface area contributed by atoms with Gasteiger partial charge in [0.05, 0.1) is 11.8 Å². The summed E-state index contributed by atoms with van der Waals surface area (Å²) in [7, 11) is 5.48. The SMILES string of the molecule is CCCNc1nc(Nc2ccccc2)ncc1C#CCCCNC(=O)C(C)N(C)C(=O)C=CCN(C)C. The number of nitrogens with one attached hydrogen (secondary N) is 3. The number of hydrogen-bond acceptors (Lipinski definition) is 7. The van der Waals surface area contributed by atoms with Crippen LogP contribution in [0.2, 0.25) is 0 Å². The van der Waals surface area contributed by atoms with Crippen molar-refractivity contribution in [2.75, 3.05) is 51.4 Å². The summed E-state index contributed by atoms with van der Waals surface area (Å²) < 4.78 is 0. The number of para-hydroxylation sites is 1. The minimum Gasteiger partial charge on any atom is -0.369 e. The first-order valence-electron chi connectivity index (χ1n) is 12.6. The number of carbonyl (C=O) groups is 2. The van der Waals surface area contributed by atoms with Crippen molar-refractivity contribution in [3.05, 3.63) is 54.2 Å². The first-order valence-corrected chi connectivity index (χ1v) is 12.6. The van der Waals surface area contributed by atoms with E-state index in [1.54, 1.807) is 26.2 Å². The van der Waals surface area contributed by atoms with Crippen molar-refractivity contribution in [1.29, 1.82) is 0 Å². The van der Waals surface area contributed by atoms with Gasteiger partial charge >= 0.3 is 0 Å². The zero-order valence-corrected chi connectivity index (χ0v) is 22.5. The van der Waals surface area contributed by atoms with Crippen LogP contribution in [0.5, 0.6) is 0 Å². The highest BCUT2D eigenvalue weighted by Gasteiger charge is 2.20. The molecular formula is C28H39N7O2. The van der Waals surface area contributed by atoms with E-state index < -0.39 is 6.04 Å². The maximum absolute atomic E-state index is 12.4. The molecule has 1 heterocycles. The molecule has 0 aliphatic rings. The first kappa shape index (κ1) is 29.3. The molecule has 0 radical (unpaired) electrons. The second-order valence-corrected chi connectivity index (χ2v) is 8.86. The van der Waals surface area contributed by atoms with Gasteiger partial charge in [0.15, 0.2) is 0 Å². The number of rotatable bonds is 13. The number of carbonyl (C=O) groups excluding carboxylic acids is 2. The highest BCUT2D eigenvalue weighted by Crippen LogP contribution is 2.17. The summed E-state index contributed by atoms with van der Waals surface area (Å²) in [6.45, 7) is 5.73. The Balaban J connectivity index is 1.85. The average molecular weight is 506 g/mol. The van der Waals surface area contributed by atoms with E-state index in [0.717, 1.165) is 24.2 Å². The van der Waals surface area contributed by atoms with Gasteiger partial charge in [0, 0.05) is 44.9 Å². The summed E-state index contributed by atoms with van der Waals surface area (Å²) in [6, 6.07) is 9.20. The van der Waals surface area contributed by atoms with E-state index in [1.165, 1.54) is 11.0 Å². The number of nitrogens with zero attached hydrogens (tertiary/aromatic N) is 4. The van der Waals surface area contributed by atoms with Crippen LogP contribution < -0.4 is 16.0 Å². The lowest BCUT2D eigenvalue weighted by atomic mass is 10.2. The van der Waals surface area contributed by atoms with E-state index >= 15 is 0 Å². The molecule has 0 bridgehead atoms. The maximum atomic E-state index is 12.4. The van der Waals surface area contributed by atoms with Crippen LogP contribution in [-0.4, -0.2) is 78.4 Å². The Hall–Kier alpha value is -3.90. The Kier molecular flexibility index (Phi) is 12.7. The second kappa shape index (κ2) is 16.0. The molecular weight excluding hydrogens is 466 g/mol. The molecule has 198 valence electrons. The Labute approximate surface area is 220 Å². The summed E-state index contributed by atoms with van der Waals surface area (Å²) >= 11 is 0. The molecule has 0 saturated heterocycles. The Morgan fingerprint density at radius 3 is 2.59 bits per heavy atom. The molecule has 9 heteroatoms. The lowest BCUT2D eigenvalue weighted by Gasteiger charge is -2.23. The van der Waals surface area contributed by atoms with Crippen LogP contribution >= 0.6 is 0 Å². The highest BCUT2D eigenvalue weighted by atomic mass is 16.2. The summed E-state index contributed by atoms with van der Waals surface area (Å²) in [5.74, 6) is 7.09. The Morgan fingerprint density at radius 1 is 1.14 bits per heavy atom. The van der Waals surface area contributed by atoms with E-state index in [1.807, 2.05) is 49.3 Å². The third kappa shape index (κ3) is 10.7. The smallest absolute Gasteiger partial charge is 0.246 e. The molecule has 2 amide bonds. The van der Waals surface area contributed by atoms with Gasteiger partial charge < -0.3 is 25.8 Å². The number of unbranched alkanes of at least 4 members (excludes halogenated alkanes) is 1. The predicted octanol–water partition coefficient (Wildman–Crippen LogP) is 3.25. The molecule has 3 N–H and O–H groups in total. The average Bonchev–Trinajstić information content (AvgIpc) is 2.89. The van der Waals surface area contributed by atoms with E-state index in [2.05, 4.69) is 44.7 Å². The first-order chi connectivity index (χ1) is 17.8. The Morgan fingerprint density at radius 2 is 1.89 bits per heavy atom. The van der Waals surface area contributed by atoms with E-state index in [0.29, 0.717) is 37.7 Å². The number of likely N-dealkylation sites (N-methyl/N-ethyl adjacent to an activating group) is 2. The summed E-state index contributed by atoms with van der Waals surface area (Å²) in [6.07, 6.45) is 7.25. The quantitative estimate of drug-likeness (QED) is 0.218. The van der Waals surface area contributed by atoms with Gasteiger partial charge in [-0.1, -0.05) is 43.0 Å². The van der Waals surface area contributed by atoms with Crippen molar-refractivity contribution in [3.63, 3.8) is 0 Å². The van der Waals surface area contributed by atoms with Crippen LogP contribution in [0.15, 0.2) is 48.7 Å². The second-order valence-electron chi connectivity index (χ2n) is 8.86. The van der Waals surface area contributed by atoms with Gasteiger partial charge in [-0.25, -0.2) is 4.98 Å². The van der Waals surface area contributed by atoms with Crippen molar-refractivity contribution < 1.29 is 9.59 Å². The third-order valence-corrected chi connectivity index (χ3v) is 5.40. The highest BCUT2D eigenvalue weighted by molar-refractivity contribution is 5.92. The van der Waals surface area contributed by atoms with Gasteiger partial charge in [-0.15, -0.1) is 0 Å². The lowest BCUT2D eigenvalue weighted by Crippen LogP contribution is -2.45. The van der Waals surface area contributed by atoms with Crippen LogP contribution in [0.25, 0.3) is 0 Å². The van der Waals surface area contributed by atoms with Crippen LogP contribution in [0.4, 0.5) is 17.5 Å². The van der Waals surface area contributed by atoms with E-state index in [9.17, 15) is 9.59 Å². The number of amides is 2. The molecule has 1 aromatic heterocycles. The maximum Gasteiger partial charge on any atom is 0.246 e. The van der Waals surface area contributed by atoms with Crippen molar-refractivity contribution in [2.24, 2.45) is 0 Å². The van der Waals surface area contributed by atoms with Crippen LogP contribution in [0.3, 0.4) is 0 Å². The van der Waals surface area contributed by atoms with Crippen LogP contribution in [-0.2, 0) is 9.59 Å². The van der Waals surface area contributed by atoms with Gasteiger partial charge in [0.2, 0.25) is 17.8 Å². The Bertz CT molecular complexity index is 1090. The fourth-order valence-corrected chi connectivity index (χ4v) is 3.10. The van der Waals surface area contributed by atoms with Crippen molar-refractivity contribution in [1.82, 2.24) is 25.1 Å². The monoisotopic (exact) mass is 505 g/mol. The summed E-state index contributed by atoms with van der Waals surface area (Å²) in [5, 5.41) is 9.40. The number of anilines is 3. The van der Waals surface area contributed by atoms with Gasteiger partial charge in [0.1, 0.15) is 11.9 Å². The molecule has 0 fully saturated rings. The van der Waals surface area contributed by atoms with Gasteiger partial charge in [0.25, 0.3) is 0 Å². The minimum absolute atomic E-state index is 0.189. The predicted molar refractivity (Wildman–Crippen MR) is 150 cm³/mol. The topological polar surface area (TPSA) is 102 Å². The molecule has 0 aliphatic carbocycles. The molecule has 1 aromatic carbocycles. The van der Waals surface area contributed by atoms with Gasteiger partial charge in [-0.3, -0.25) is 9.59 Å². The fraction of sp³-hybridized carbons (Fsp3) is 0.429. The molecule has 2 rings (SSSR count). The number of hydrogen-bond donors (Lipinski definition) is 3. The molecule has 2 aromatic rings. The summed E-state index contributed by atoms with van der Waals surface area (Å²) in [5.41, 5.74) is 1.64. The minimum atomic E-state index is -0.560. The van der Waals surface area contributed by atoms with Crippen LogP contribution in [0, 0.1) is 11.8 Å². The molecule has 9 nitrogen and oxygen atoms in total. The summed E-state index contributed by atoms with van der Waals surface area (Å²) in [4.78, 5) is 37.0. The third-order valence-electron chi connectivity index (χ3n) is 5.40. The van der Waals surface area contributed by atoms with Gasteiger partial charge in [-0.2, -0.15) is 4.98 Å². The zero-order valence-electron chi connectivity index (χ0n) is 22.5. The van der Waals surface area contributed by atoms with E-state index in [-0.39, 0.29) is 11.8 Å². The van der Waals surface area contributed by atoms with Crippen LogP contribution in [0.1, 0.15) is 38.7 Å². The normalized spacial score (nSPS) is 11.5. The number of aromatic nitrogens is 2. The molecule has 0 saturated carbocycles. The molecule has 1 unspecified atom stereocenters. The largest absolute Gasteiger partial charge is 0.369 e. The fourth-order valence-electron chi connectivity index (χ4n) is 3.10. The van der Waals surface area contributed by atoms with Crippen molar-refractivity contribution in [3.8, 4) is 11.8 Å². The lowest BCUT2D eigenvalue weighted by molar-refractivity contribution is -0.135. The molecule has 1 atom stereocenters. The standard InChI is InChI=1S/C28H39N7O2/c1-6-18-29-26-23(21-31-28(33-26)32-24-15-10-7-11-16-24)14-9-8-12-19-30-27(37)22(2)35(5)25(36)17-13-20-34(3)4/h7,10-11,13,15-17,21-22H,6,8,12,18-20H2,1-5H3,(H,30,37)(H2,29,31,32,33). The molecule has 37 heavy (non-hydrogen) atoms. The molecule has 0 aliphatic heterocycles. The van der Waals surface area contributed by atoms with E-state index in [4.69, 9.17) is 0 Å².